The predicted molar refractivity (Wildman–Crippen MR) is 78.7 cm³/mol. The number of anilines is 1. The van der Waals surface area contributed by atoms with Gasteiger partial charge < -0.3 is 14.8 Å². The van der Waals surface area contributed by atoms with E-state index < -0.39 is 0 Å². The summed E-state index contributed by atoms with van der Waals surface area (Å²) in [5, 5.41) is 5.56. The number of methoxy groups -OCH3 is 1. The fraction of sp³-hybridized carbons (Fsp3) is 0.417. The van der Waals surface area contributed by atoms with Gasteiger partial charge in [0.15, 0.2) is 0 Å². The van der Waals surface area contributed by atoms with Crippen molar-refractivity contribution < 1.29 is 14.3 Å². The predicted octanol–water partition coefficient (Wildman–Crippen LogP) is 2.58. The van der Waals surface area contributed by atoms with E-state index in [0.717, 1.165) is 0 Å². The molecular weight excluding hydrogens is 302 g/mol. The summed E-state index contributed by atoms with van der Waals surface area (Å²) in [6.45, 7) is 3.15. The molecule has 0 aromatic carbocycles. The number of hydrogen-bond acceptors (Lipinski definition) is 7. The summed E-state index contributed by atoms with van der Waals surface area (Å²) in [5.41, 5.74) is 0.448. The first-order chi connectivity index (χ1) is 9.67. The van der Waals surface area contributed by atoms with Gasteiger partial charge in [0.25, 0.3) is 0 Å². The van der Waals surface area contributed by atoms with Crippen LogP contribution in [0.3, 0.4) is 0 Å². The highest BCUT2D eigenvalue weighted by atomic mass is 35.5. The molecule has 20 heavy (non-hydrogen) atoms. The molecule has 0 atom stereocenters. The van der Waals surface area contributed by atoms with Gasteiger partial charge in [-0.15, -0.1) is 11.3 Å². The van der Waals surface area contributed by atoms with Crippen LogP contribution < -0.4 is 5.32 Å². The van der Waals surface area contributed by atoms with Gasteiger partial charge in [-0.05, 0) is 18.5 Å². The first-order valence-electron chi connectivity index (χ1n) is 6.02. The zero-order valence-electron chi connectivity index (χ0n) is 11.1. The molecule has 2 aromatic rings. The number of nitrogens with one attached hydrogen (secondary N) is 1. The van der Waals surface area contributed by atoms with Crippen molar-refractivity contribution in [3.8, 4) is 0 Å². The fourth-order valence-electron chi connectivity index (χ4n) is 1.67. The molecule has 0 aliphatic rings. The van der Waals surface area contributed by atoms with E-state index in [2.05, 4.69) is 15.3 Å². The Morgan fingerprint density at radius 3 is 3.00 bits per heavy atom. The first kappa shape index (κ1) is 15.0. The Morgan fingerprint density at radius 1 is 1.50 bits per heavy atom. The summed E-state index contributed by atoms with van der Waals surface area (Å²) in [5.74, 6) is 0.126. The second-order valence-electron chi connectivity index (χ2n) is 3.81. The minimum Gasteiger partial charge on any atom is -0.462 e. The molecule has 0 bridgehead atoms. The molecule has 8 heteroatoms. The largest absolute Gasteiger partial charge is 0.462 e. The number of nitrogens with zero attached hydrogens (tertiary/aromatic N) is 2. The lowest BCUT2D eigenvalue weighted by Crippen LogP contribution is -2.11. The second kappa shape index (κ2) is 6.83. The van der Waals surface area contributed by atoms with Gasteiger partial charge in [0.1, 0.15) is 10.6 Å². The zero-order chi connectivity index (χ0) is 14.5. The van der Waals surface area contributed by atoms with Crippen LogP contribution in [0.1, 0.15) is 17.3 Å². The van der Waals surface area contributed by atoms with Gasteiger partial charge in [0.05, 0.1) is 24.2 Å². The van der Waals surface area contributed by atoms with Crippen molar-refractivity contribution in [2.75, 3.05) is 32.2 Å². The summed E-state index contributed by atoms with van der Waals surface area (Å²) >= 11 is 7.21. The molecule has 2 rings (SSSR count). The summed E-state index contributed by atoms with van der Waals surface area (Å²) in [6.07, 6.45) is 0. The smallest absolute Gasteiger partial charge is 0.339 e. The lowest BCUT2D eigenvalue weighted by Gasteiger charge is -2.08. The lowest BCUT2D eigenvalue weighted by atomic mass is 10.2. The number of aromatic nitrogens is 2. The van der Waals surface area contributed by atoms with Gasteiger partial charge in [-0.3, -0.25) is 0 Å². The number of carbonyl (C=O) groups is 1. The third-order valence-electron chi connectivity index (χ3n) is 2.50. The monoisotopic (exact) mass is 315 g/mol. The number of fused-ring (bicyclic) bond motifs is 1. The van der Waals surface area contributed by atoms with Crippen molar-refractivity contribution in [1.29, 1.82) is 0 Å². The van der Waals surface area contributed by atoms with Crippen LogP contribution in [0.2, 0.25) is 5.28 Å². The number of ether oxygens (including phenoxy) is 2. The van der Waals surface area contributed by atoms with E-state index in [9.17, 15) is 4.79 Å². The summed E-state index contributed by atoms with van der Waals surface area (Å²) in [6, 6.07) is 0. The van der Waals surface area contributed by atoms with Crippen molar-refractivity contribution >= 4 is 44.9 Å². The minimum absolute atomic E-state index is 0.134. The standard InChI is InChI=1S/C12H14ClN3O3S/c1-3-19-11(17)7-6-20-10-8(7)9(14-4-5-18-2)15-12(13)16-10/h6H,3-5H2,1-2H3,(H,14,15,16). The fourth-order valence-corrected chi connectivity index (χ4v) is 2.80. The molecule has 0 saturated carbocycles. The van der Waals surface area contributed by atoms with E-state index in [-0.39, 0.29) is 11.3 Å². The van der Waals surface area contributed by atoms with Crippen LogP contribution in [0.4, 0.5) is 5.82 Å². The second-order valence-corrected chi connectivity index (χ2v) is 5.01. The summed E-state index contributed by atoms with van der Waals surface area (Å²) in [7, 11) is 1.61. The quantitative estimate of drug-likeness (QED) is 0.502. The van der Waals surface area contributed by atoms with Crippen LogP contribution >= 0.6 is 22.9 Å². The van der Waals surface area contributed by atoms with Crippen LogP contribution in [-0.4, -0.2) is 42.8 Å². The molecule has 0 aliphatic carbocycles. The first-order valence-corrected chi connectivity index (χ1v) is 7.27. The Morgan fingerprint density at radius 2 is 2.30 bits per heavy atom. The molecule has 2 aromatic heterocycles. The third-order valence-corrected chi connectivity index (χ3v) is 3.54. The Bertz CT molecular complexity index is 617. The van der Waals surface area contributed by atoms with E-state index in [1.165, 1.54) is 11.3 Å². The van der Waals surface area contributed by atoms with Crippen molar-refractivity contribution in [1.82, 2.24) is 9.97 Å². The van der Waals surface area contributed by atoms with Crippen LogP contribution in [0.15, 0.2) is 5.38 Å². The Labute approximate surface area is 125 Å². The van der Waals surface area contributed by atoms with Crippen molar-refractivity contribution in [3.05, 3.63) is 16.2 Å². The molecular formula is C12H14ClN3O3S. The van der Waals surface area contributed by atoms with Gasteiger partial charge in [-0.2, -0.15) is 0 Å². The number of thiophene rings is 1. The van der Waals surface area contributed by atoms with Crippen LogP contribution in [-0.2, 0) is 9.47 Å². The average molecular weight is 316 g/mol. The normalized spacial score (nSPS) is 10.8. The number of halogens is 1. The van der Waals surface area contributed by atoms with Gasteiger partial charge in [-0.25, -0.2) is 14.8 Å². The molecule has 2 heterocycles. The number of esters is 1. The van der Waals surface area contributed by atoms with E-state index in [1.54, 1.807) is 19.4 Å². The third kappa shape index (κ3) is 3.17. The van der Waals surface area contributed by atoms with E-state index >= 15 is 0 Å². The summed E-state index contributed by atoms with van der Waals surface area (Å²) < 4.78 is 10.0. The lowest BCUT2D eigenvalue weighted by molar-refractivity contribution is 0.0529. The van der Waals surface area contributed by atoms with Crippen molar-refractivity contribution in [2.45, 2.75) is 6.92 Å². The number of carbonyl (C=O) groups excluding carboxylic acids is 1. The molecule has 0 radical (unpaired) electrons. The Kier molecular flexibility index (Phi) is 5.11. The molecule has 6 nitrogen and oxygen atoms in total. The maximum atomic E-state index is 11.9. The van der Waals surface area contributed by atoms with Crippen LogP contribution in [0.25, 0.3) is 10.2 Å². The topological polar surface area (TPSA) is 73.3 Å². The van der Waals surface area contributed by atoms with Crippen LogP contribution in [0, 0.1) is 0 Å². The maximum absolute atomic E-state index is 11.9. The van der Waals surface area contributed by atoms with E-state index in [0.29, 0.717) is 41.4 Å². The van der Waals surface area contributed by atoms with Gasteiger partial charge in [0.2, 0.25) is 5.28 Å². The molecule has 0 fully saturated rings. The van der Waals surface area contributed by atoms with Crippen LogP contribution in [0.5, 0.6) is 0 Å². The SMILES string of the molecule is CCOC(=O)c1csc2nc(Cl)nc(NCCOC)c12. The van der Waals surface area contributed by atoms with Gasteiger partial charge >= 0.3 is 5.97 Å². The highest BCUT2D eigenvalue weighted by molar-refractivity contribution is 7.17. The molecule has 108 valence electrons. The average Bonchev–Trinajstić information content (AvgIpc) is 2.83. The number of hydrogen-bond donors (Lipinski definition) is 1. The summed E-state index contributed by atoms with van der Waals surface area (Å²) in [4.78, 5) is 20.8. The van der Waals surface area contributed by atoms with Gasteiger partial charge in [-0.1, -0.05) is 0 Å². The molecule has 0 saturated heterocycles. The molecule has 0 unspecified atom stereocenters. The maximum Gasteiger partial charge on any atom is 0.339 e. The minimum atomic E-state index is -0.389. The molecule has 0 amide bonds. The molecule has 0 aliphatic heterocycles. The van der Waals surface area contributed by atoms with E-state index in [4.69, 9.17) is 21.1 Å². The Balaban J connectivity index is 2.42. The van der Waals surface area contributed by atoms with E-state index in [1.807, 2.05) is 0 Å². The highest BCUT2D eigenvalue weighted by Gasteiger charge is 2.19. The van der Waals surface area contributed by atoms with Gasteiger partial charge in [0, 0.05) is 19.0 Å². The molecule has 1 N–H and O–H groups in total. The Hall–Kier alpha value is -1.44. The number of rotatable bonds is 6. The zero-order valence-corrected chi connectivity index (χ0v) is 12.7. The van der Waals surface area contributed by atoms with Crippen molar-refractivity contribution in [2.24, 2.45) is 0 Å². The highest BCUT2D eigenvalue weighted by Crippen LogP contribution is 2.31. The molecule has 0 spiro atoms. The van der Waals surface area contributed by atoms with Crippen molar-refractivity contribution in [3.63, 3.8) is 0 Å².